The van der Waals surface area contributed by atoms with Crippen LogP contribution >= 0.6 is 0 Å². The average molecular weight is 174 g/mol. The Labute approximate surface area is 77.2 Å². The van der Waals surface area contributed by atoms with Crippen LogP contribution < -0.4 is 0 Å². The summed E-state index contributed by atoms with van der Waals surface area (Å²) in [7, 11) is 0. The highest BCUT2D eigenvalue weighted by Gasteiger charge is 1.94. The summed E-state index contributed by atoms with van der Waals surface area (Å²) in [6.45, 7) is 3.86. The van der Waals surface area contributed by atoms with Gasteiger partial charge in [0.25, 0.3) is 0 Å². The third-order valence-corrected chi connectivity index (χ3v) is 1.70. The van der Waals surface area contributed by atoms with Crippen molar-refractivity contribution < 1.29 is 9.90 Å². The Hall–Kier alpha value is -1.75. The summed E-state index contributed by atoms with van der Waals surface area (Å²) < 4.78 is 0. The first-order valence-corrected chi connectivity index (χ1v) is 3.92. The van der Waals surface area contributed by atoms with E-state index in [1.165, 1.54) is 0 Å². The highest BCUT2D eigenvalue weighted by Crippen LogP contribution is 2.08. The summed E-state index contributed by atoms with van der Waals surface area (Å²) in [6.07, 6.45) is 0. The number of carbonyl (C=O) groups is 1. The number of hydrogen-bond donors (Lipinski definition) is 1. The topological polar surface area (TPSA) is 37.3 Å². The Morgan fingerprint density at radius 3 is 2.69 bits per heavy atom. The van der Waals surface area contributed by atoms with Crippen molar-refractivity contribution in [2.75, 3.05) is 0 Å². The van der Waals surface area contributed by atoms with Crippen LogP contribution in [0.25, 0.3) is 0 Å². The first-order valence-electron chi connectivity index (χ1n) is 3.92. The van der Waals surface area contributed by atoms with E-state index in [1.54, 1.807) is 0 Å². The zero-order valence-electron chi connectivity index (χ0n) is 7.59. The molecule has 1 aromatic rings. The van der Waals surface area contributed by atoms with E-state index in [0.717, 1.165) is 16.7 Å². The fraction of sp³-hybridized carbons (Fsp3) is 0.182. The minimum atomic E-state index is -1.10. The molecule has 0 unspecified atom stereocenters. The van der Waals surface area contributed by atoms with Crippen LogP contribution in [0.4, 0.5) is 0 Å². The summed E-state index contributed by atoms with van der Waals surface area (Å²) in [5, 5.41) is 8.36. The molecule has 0 aliphatic rings. The van der Waals surface area contributed by atoms with Gasteiger partial charge in [0.1, 0.15) is 0 Å². The SMILES string of the molecule is Cc1ccc(C)c(C#CC(=O)O)c1. The molecule has 1 aromatic carbocycles. The molecule has 0 aliphatic carbocycles. The van der Waals surface area contributed by atoms with Crippen LogP contribution in [-0.2, 0) is 4.79 Å². The Morgan fingerprint density at radius 2 is 2.08 bits per heavy atom. The maximum absolute atomic E-state index is 10.2. The molecule has 0 aliphatic heterocycles. The first kappa shape index (κ1) is 9.34. The van der Waals surface area contributed by atoms with Gasteiger partial charge in [0.2, 0.25) is 0 Å². The minimum Gasteiger partial charge on any atom is -0.472 e. The highest BCUT2D eigenvalue weighted by molar-refractivity contribution is 5.87. The van der Waals surface area contributed by atoms with Crippen LogP contribution in [0.3, 0.4) is 0 Å². The summed E-state index contributed by atoms with van der Waals surface area (Å²) >= 11 is 0. The van der Waals surface area contributed by atoms with Crippen molar-refractivity contribution in [3.05, 3.63) is 34.9 Å². The van der Waals surface area contributed by atoms with Crippen LogP contribution in [0.5, 0.6) is 0 Å². The molecule has 1 rings (SSSR count). The smallest absolute Gasteiger partial charge is 0.382 e. The predicted octanol–water partition coefficient (Wildman–Crippen LogP) is 1.74. The van der Waals surface area contributed by atoms with Crippen molar-refractivity contribution >= 4 is 5.97 Å². The van der Waals surface area contributed by atoms with Gasteiger partial charge >= 0.3 is 5.97 Å². The van der Waals surface area contributed by atoms with E-state index in [1.807, 2.05) is 32.0 Å². The molecule has 0 fully saturated rings. The van der Waals surface area contributed by atoms with Crippen molar-refractivity contribution in [2.24, 2.45) is 0 Å². The van der Waals surface area contributed by atoms with Crippen LogP contribution in [0.1, 0.15) is 16.7 Å². The molecular formula is C11H10O2. The monoisotopic (exact) mass is 174 g/mol. The van der Waals surface area contributed by atoms with Gasteiger partial charge in [-0.25, -0.2) is 4.79 Å². The number of benzene rings is 1. The molecule has 0 heterocycles. The van der Waals surface area contributed by atoms with Crippen molar-refractivity contribution in [3.63, 3.8) is 0 Å². The number of carboxylic acids is 1. The predicted molar refractivity (Wildman–Crippen MR) is 50.4 cm³/mol. The Balaban J connectivity index is 3.09. The number of rotatable bonds is 0. The number of aryl methyl sites for hydroxylation is 2. The van der Waals surface area contributed by atoms with Crippen LogP contribution in [0.2, 0.25) is 0 Å². The molecule has 0 amide bonds. The maximum Gasteiger partial charge on any atom is 0.382 e. The summed E-state index contributed by atoms with van der Waals surface area (Å²) in [6, 6.07) is 5.79. The van der Waals surface area contributed by atoms with Gasteiger partial charge in [0, 0.05) is 11.5 Å². The van der Waals surface area contributed by atoms with Crippen LogP contribution in [-0.4, -0.2) is 11.1 Å². The maximum atomic E-state index is 10.2. The second-order valence-corrected chi connectivity index (χ2v) is 2.87. The Kier molecular flexibility index (Phi) is 2.71. The van der Waals surface area contributed by atoms with Gasteiger partial charge < -0.3 is 5.11 Å². The van der Waals surface area contributed by atoms with E-state index in [4.69, 9.17) is 5.11 Å². The van der Waals surface area contributed by atoms with Crippen LogP contribution in [0.15, 0.2) is 18.2 Å². The molecular weight excluding hydrogens is 164 g/mol. The molecule has 1 N–H and O–H groups in total. The quantitative estimate of drug-likeness (QED) is 0.608. The molecule has 2 nitrogen and oxygen atoms in total. The number of carboxylic acid groups (broad SMARTS) is 1. The second-order valence-electron chi connectivity index (χ2n) is 2.87. The lowest BCUT2D eigenvalue weighted by atomic mass is 10.1. The minimum absolute atomic E-state index is 0.780. The molecule has 0 bridgehead atoms. The lowest BCUT2D eigenvalue weighted by Crippen LogP contribution is -1.89. The summed E-state index contributed by atoms with van der Waals surface area (Å²) in [5.41, 5.74) is 2.86. The molecule has 13 heavy (non-hydrogen) atoms. The van der Waals surface area contributed by atoms with E-state index in [9.17, 15) is 4.79 Å². The van der Waals surface area contributed by atoms with E-state index < -0.39 is 5.97 Å². The van der Waals surface area contributed by atoms with Gasteiger partial charge in [0.05, 0.1) is 0 Å². The molecule has 2 heteroatoms. The van der Waals surface area contributed by atoms with Crippen molar-refractivity contribution in [1.29, 1.82) is 0 Å². The van der Waals surface area contributed by atoms with E-state index in [-0.39, 0.29) is 0 Å². The highest BCUT2D eigenvalue weighted by atomic mass is 16.4. The third-order valence-electron chi connectivity index (χ3n) is 1.70. The lowest BCUT2D eigenvalue weighted by molar-refractivity contribution is -0.130. The van der Waals surface area contributed by atoms with E-state index in [0.29, 0.717) is 0 Å². The van der Waals surface area contributed by atoms with Gasteiger partial charge in [-0.05, 0) is 31.0 Å². The van der Waals surface area contributed by atoms with Crippen molar-refractivity contribution in [1.82, 2.24) is 0 Å². The molecule has 0 spiro atoms. The van der Waals surface area contributed by atoms with Crippen molar-refractivity contribution in [3.8, 4) is 11.8 Å². The summed E-state index contributed by atoms with van der Waals surface area (Å²) in [5.74, 6) is 3.60. The van der Waals surface area contributed by atoms with Gasteiger partial charge in [-0.1, -0.05) is 18.1 Å². The molecule has 0 saturated heterocycles. The molecule has 0 atom stereocenters. The Bertz CT molecular complexity index is 394. The largest absolute Gasteiger partial charge is 0.472 e. The molecule has 66 valence electrons. The second kappa shape index (κ2) is 3.77. The van der Waals surface area contributed by atoms with Gasteiger partial charge in [0.15, 0.2) is 0 Å². The summed E-state index contributed by atoms with van der Waals surface area (Å²) in [4.78, 5) is 10.2. The zero-order valence-corrected chi connectivity index (χ0v) is 7.59. The molecule has 0 saturated carbocycles. The Morgan fingerprint density at radius 1 is 1.38 bits per heavy atom. The van der Waals surface area contributed by atoms with Crippen LogP contribution in [0, 0.1) is 25.7 Å². The van der Waals surface area contributed by atoms with Gasteiger partial charge in [-0.3, -0.25) is 0 Å². The third kappa shape index (κ3) is 2.64. The van der Waals surface area contributed by atoms with Gasteiger partial charge in [-0.15, -0.1) is 0 Å². The average Bonchev–Trinajstić information content (AvgIpc) is 2.06. The first-order chi connectivity index (χ1) is 6.09. The number of hydrogen-bond acceptors (Lipinski definition) is 1. The standard InChI is InChI=1S/C11H10O2/c1-8-3-4-9(2)10(7-8)5-6-11(12)13/h3-4,7H,1-2H3,(H,12,13). The molecule has 0 radical (unpaired) electrons. The molecule has 0 aromatic heterocycles. The van der Waals surface area contributed by atoms with E-state index >= 15 is 0 Å². The fourth-order valence-electron chi connectivity index (χ4n) is 0.991. The fourth-order valence-corrected chi connectivity index (χ4v) is 0.991. The number of aliphatic carboxylic acids is 1. The van der Waals surface area contributed by atoms with E-state index in [2.05, 4.69) is 11.8 Å². The van der Waals surface area contributed by atoms with Gasteiger partial charge in [-0.2, -0.15) is 0 Å². The normalized spacial score (nSPS) is 8.77. The zero-order chi connectivity index (χ0) is 9.84. The lowest BCUT2D eigenvalue weighted by Gasteiger charge is -1.98. The van der Waals surface area contributed by atoms with Crippen molar-refractivity contribution in [2.45, 2.75) is 13.8 Å².